The zero-order valence-corrected chi connectivity index (χ0v) is 20.5. The van der Waals surface area contributed by atoms with Gasteiger partial charge in [0, 0.05) is 23.7 Å². The van der Waals surface area contributed by atoms with E-state index in [0.29, 0.717) is 47.0 Å². The van der Waals surface area contributed by atoms with E-state index in [0.717, 1.165) is 24.8 Å². The molecule has 1 fully saturated rings. The standard InChI is InChI=1S/C31H30F3NO2/c32-22-18-27(33)30(28(34)19-22)26-14-11-20-6-3-4-8-25(20)29(26)31(36)21-9-12-24(13-10-21)37-17-15-23-7-2-1-5-16-35-23/h3-4,6,8-14,18-19,23,31,35-36H,1-2,5,7,15-17H2. The summed E-state index contributed by atoms with van der Waals surface area (Å²) < 4.78 is 49.1. The fourth-order valence-electron chi connectivity index (χ4n) is 5.19. The molecule has 0 saturated carbocycles. The van der Waals surface area contributed by atoms with Crippen LogP contribution in [-0.4, -0.2) is 24.3 Å². The molecule has 0 radical (unpaired) electrons. The van der Waals surface area contributed by atoms with Gasteiger partial charge in [0.05, 0.1) is 12.2 Å². The predicted octanol–water partition coefficient (Wildman–Crippen LogP) is 7.31. The van der Waals surface area contributed by atoms with Crippen LogP contribution in [0.15, 0.2) is 72.8 Å². The number of hydrogen-bond acceptors (Lipinski definition) is 3. The van der Waals surface area contributed by atoms with Gasteiger partial charge in [-0.1, -0.05) is 61.4 Å². The van der Waals surface area contributed by atoms with Gasteiger partial charge in [-0.25, -0.2) is 13.2 Å². The van der Waals surface area contributed by atoms with Crippen molar-refractivity contribution in [2.45, 2.75) is 44.2 Å². The second-order valence-electron chi connectivity index (χ2n) is 9.60. The quantitative estimate of drug-likeness (QED) is 0.277. The van der Waals surface area contributed by atoms with Crippen LogP contribution in [0.5, 0.6) is 5.75 Å². The molecule has 2 unspecified atom stereocenters. The monoisotopic (exact) mass is 505 g/mol. The lowest BCUT2D eigenvalue weighted by Crippen LogP contribution is -2.29. The van der Waals surface area contributed by atoms with Gasteiger partial charge in [-0.3, -0.25) is 0 Å². The summed E-state index contributed by atoms with van der Waals surface area (Å²) in [6, 6.07) is 19.5. The van der Waals surface area contributed by atoms with Crippen LogP contribution in [0.2, 0.25) is 0 Å². The Morgan fingerprint density at radius 2 is 1.65 bits per heavy atom. The van der Waals surface area contributed by atoms with E-state index in [-0.39, 0.29) is 11.1 Å². The molecule has 4 aromatic carbocycles. The summed E-state index contributed by atoms with van der Waals surface area (Å²) in [6.07, 6.45) is 4.66. The molecule has 1 aliphatic heterocycles. The maximum Gasteiger partial charge on any atom is 0.136 e. The first-order chi connectivity index (χ1) is 18.0. The third-order valence-electron chi connectivity index (χ3n) is 7.11. The maximum atomic E-state index is 14.8. The van der Waals surface area contributed by atoms with Crippen molar-refractivity contribution < 1.29 is 23.0 Å². The van der Waals surface area contributed by atoms with Crippen LogP contribution in [0.4, 0.5) is 13.2 Å². The summed E-state index contributed by atoms with van der Waals surface area (Å²) in [4.78, 5) is 0. The van der Waals surface area contributed by atoms with Crippen molar-refractivity contribution in [3.05, 3.63) is 101 Å². The lowest BCUT2D eigenvalue weighted by atomic mass is 9.88. The zero-order valence-electron chi connectivity index (χ0n) is 20.5. The van der Waals surface area contributed by atoms with Gasteiger partial charge in [0.15, 0.2) is 0 Å². The molecular weight excluding hydrogens is 475 g/mol. The van der Waals surface area contributed by atoms with Crippen molar-refractivity contribution in [1.82, 2.24) is 5.32 Å². The van der Waals surface area contributed by atoms with Gasteiger partial charge in [0.2, 0.25) is 0 Å². The number of rotatable bonds is 7. The van der Waals surface area contributed by atoms with Crippen LogP contribution in [0, 0.1) is 17.5 Å². The van der Waals surface area contributed by atoms with Gasteiger partial charge in [-0.15, -0.1) is 0 Å². The predicted molar refractivity (Wildman–Crippen MR) is 140 cm³/mol. The first kappa shape index (κ1) is 25.3. The molecule has 0 aliphatic carbocycles. The molecule has 192 valence electrons. The second-order valence-corrected chi connectivity index (χ2v) is 9.60. The molecule has 0 spiro atoms. The van der Waals surface area contributed by atoms with Crippen molar-refractivity contribution in [3.8, 4) is 16.9 Å². The third kappa shape index (κ3) is 5.65. The van der Waals surface area contributed by atoms with Crippen molar-refractivity contribution in [2.24, 2.45) is 0 Å². The SMILES string of the molecule is OC(c1ccc(OCCC2CCCCCN2)cc1)c1c(-c2c(F)cc(F)cc2F)ccc2ccccc12. The van der Waals surface area contributed by atoms with Crippen molar-refractivity contribution in [2.75, 3.05) is 13.2 Å². The smallest absolute Gasteiger partial charge is 0.136 e. The topological polar surface area (TPSA) is 41.5 Å². The Bertz CT molecular complexity index is 1340. The van der Waals surface area contributed by atoms with Gasteiger partial charge in [-0.2, -0.15) is 0 Å². The van der Waals surface area contributed by atoms with Crippen LogP contribution in [-0.2, 0) is 0 Å². The molecular formula is C31H30F3NO2. The second kappa shape index (κ2) is 11.4. The first-order valence-corrected chi connectivity index (χ1v) is 12.8. The van der Waals surface area contributed by atoms with Gasteiger partial charge in [0.1, 0.15) is 29.3 Å². The Morgan fingerprint density at radius 1 is 0.892 bits per heavy atom. The molecule has 1 heterocycles. The lowest BCUT2D eigenvalue weighted by molar-refractivity contribution is 0.222. The fraction of sp³-hybridized carbons (Fsp3) is 0.290. The molecule has 1 saturated heterocycles. The molecule has 6 heteroatoms. The fourth-order valence-corrected chi connectivity index (χ4v) is 5.19. The van der Waals surface area contributed by atoms with Crippen LogP contribution < -0.4 is 10.1 Å². The maximum absolute atomic E-state index is 14.8. The molecule has 37 heavy (non-hydrogen) atoms. The minimum Gasteiger partial charge on any atom is -0.494 e. The molecule has 5 rings (SSSR count). The Morgan fingerprint density at radius 3 is 2.43 bits per heavy atom. The Labute approximate surface area is 214 Å². The molecule has 0 bridgehead atoms. The summed E-state index contributed by atoms with van der Waals surface area (Å²) >= 11 is 0. The van der Waals surface area contributed by atoms with Gasteiger partial charge >= 0.3 is 0 Å². The van der Waals surface area contributed by atoms with Crippen molar-refractivity contribution >= 4 is 10.8 Å². The summed E-state index contributed by atoms with van der Waals surface area (Å²) in [7, 11) is 0. The van der Waals surface area contributed by atoms with E-state index in [2.05, 4.69) is 5.32 Å². The minimum atomic E-state index is -1.17. The third-order valence-corrected chi connectivity index (χ3v) is 7.11. The Hall–Kier alpha value is -3.35. The summed E-state index contributed by atoms with van der Waals surface area (Å²) in [6.45, 7) is 1.65. The molecule has 2 atom stereocenters. The number of hydrogen-bond donors (Lipinski definition) is 2. The summed E-state index contributed by atoms with van der Waals surface area (Å²) in [5.74, 6) is -2.34. The van der Waals surface area contributed by atoms with Gasteiger partial charge < -0.3 is 15.2 Å². The summed E-state index contributed by atoms with van der Waals surface area (Å²) in [5, 5.41) is 16.5. The number of benzene rings is 4. The molecule has 2 N–H and O–H groups in total. The number of halogens is 3. The highest BCUT2D eigenvalue weighted by Crippen LogP contribution is 2.39. The van der Waals surface area contributed by atoms with E-state index in [1.54, 1.807) is 48.5 Å². The number of ether oxygens (including phenoxy) is 1. The van der Waals surface area contributed by atoms with E-state index in [4.69, 9.17) is 4.74 Å². The van der Waals surface area contributed by atoms with E-state index >= 15 is 0 Å². The molecule has 3 nitrogen and oxygen atoms in total. The van der Waals surface area contributed by atoms with Crippen LogP contribution in [0.3, 0.4) is 0 Å². The lowest BCUT2D eigenvalue weighted by Gasteiger charge is -2.20. The highest BCUT2D eigenvalue weighted by atomic mass is 19.1. The zero-order chi connectivity index (χ0) is 25.8. The highest BCUT2D eigenvalue weighted by molar-refractivity contribution is 5.92. The number of aliphatic hydroxyl groups is 1. The van der Waals surface area contributed by atoms with Crippen molar-refractivity contribution in [1.29, 1.82) is 0 Å². The summed E-state index contributed by atoms with van der Waals surface area (Å²) in [5.41, 5.74) is 0.722. The first-order valence-electron chi connectivity index (χ1n) is 12.8. The van der Waals surface area contributed by atoms with Crippen LogP contribution >= 0.6 is 0 Å². The van der Waals surface area contributed by atoms with Gasteiger partial charge in [-0.05, 0) is 59.8 Å². The molecule has 4 aromatic rings. The van der Waals surface area contributed by atoms with Crippen molar-refractivity contribution in [3.63, 3.8) is 0 Å². The highest BCUT2D eigenvalue weighted by Gasteiger charge is 2.23. The average molecular weight is 506 g/mol. The number of fused-ring (bicyclic) bond motifs is 1. The van der Waals surface area contributed by atoms with Crippen LogP contribution in [0.1, 0.15) is 49.3 Å². The van der Waals surface area contributed by atoms with E-state index in [1.807, 2.05) is 12.1 Å². The average Bonchev–Trinajstić information content (AvgIpc) is 3.17. The molecule has 0 aromatic heterocycles. The van der Waals surface area contributed by atoms with Crippen LogP contribution in [0.25, 0.3) is 21.9 Å². The molecule has 0 amide bonds. The Balaban J connectivity index is 1.42. The van der Waals surface area contributed by atoms with E-state index < -0.39 is 23.6 Å². The molecule has 1 aliphatic rings. The largest absolute Gasteiger partial charge is 0.494 e. The van der Waals surface area contributed by atoms with E-state index in [1.165, 1.54) is 19.3 Å². The van der Waals surface area contributed by atoms with Gasteiger partial charge in [0.25, 0.3) is 0 Å². The number of aliphatic hydroxyl groups excluding tert-OH is 1. The minimum absolute atomic E-state index is 0.178. The number of nitrogens with one attached hydrogen (secondary N) is 1. The normalized spacial score (nSPS) is 16.9. The Kier molecular flexibility index (Phi) is 7.77. The van der Waals surface area contributed by atoms with E-state index in [9.17, 15) is 18.3 Å².